The zero-order valence-corrected chi connectivity index (χ0v) is 12.7. The predicted octanol–water partition coefficient (Wildman–Crippen LogP) is 2.13. The van der Waals surface area contributed by atoms with Crippen molar-refractivity contribution in [1.29, 1.82) is 0 Å². The van der Waals surface area contributed by atoms with E-state index >= 15 is 0 Å². The first-order chi connectivity index (χ1) is 9.76. The van der Waals surface area contributed by atoms with E-state index in [0.717, 1.165) is 55.1 Å². The first-order valence-electron chi connectivity index (χ1n) is 7.00. The van der Waals surface area contributed by atoms with Gasteiger partial charge in [-0.25, -0.2) is 15.0 Å². The van der Waals surface area contributed by atoms with E-state index in [2.05, 4.69) is 37.7 Å². The molecule has 1 saturated heterocycles. The van der Waals surface area contributed by atoms with Gasteiger partial charge in [0.15, 0.2) is 5.13 Å². The van der Waals surface area contributed by atoms with Crippen LogP contribution in [0.1, 0.15) is 18.4 Å². The van der Waals surface area contributed by atoms with Crippen molar-refractivity contribution in [3.05, 3.63) is 29.2 Å². The number of hydrogen-bond donors (Lipinski definition) is 0. The fourth-order valence-electron chi connectivity index (χ4n) is 2.43. The highest BCUT2D eigenvalue weighted by molar-refractivity contribution is 7.13. The third kappa shape index (κ3) is 2.75. The van der Waals surface area contributed by atoms with Crippen LogP contribution in [0.3, 0.4) is 0 Å². The maximum absolute atomic E-state index is 4.65. The van der Waals surface area contributed by atoms with Gasteiger partial charge in [0, 0.05) is 55.9 Å². The van der Waals surface area contributed by atoms with Gasteiger partial charge >= 0.3 is 0 Å². The van der Waals surface area contributed by atoms with Gasteiger partial charge in [0.25, 0.3) is 0 Å². The first kappa shape index (κ1) is 13.3. The second-order valence-corrected chi connectivity index (χ2v) is 5.80. The Bertz CT molecular complexity index is 561. The summed E-state index contributed by atoms with van der Waals surface area (Å²) < 4.78 is 0. The third-order valence-electron chi connectivity index (χ3n) is 3.50. The normalized spacial score (nSPS) is 15.7. The van der Waals surface area contributed by atoms with Crippen LogP contribution in [0.25, 0.3) is 0 Å². The summed E-state index contributed by atoms with van der Waals surface area (Å²) in [5.74, 6) is 2.00. The summed E-state index contributed by atoms with van der Waals surface area (Å²) >= 11 is 1.71. The van der Waals surface area contributed by atoms with Crippen LogP contribution in [-0.2, 0) is 6.42 Å². The molecule has 1 aliphatic heterocycles. The Morgan fingerprint density at radius 2 is 1.90 bits per heavy atom. The van der Waals surface area contributed by atoms with Crippen molar-refractivity contribution < 1.29 is 0 Å². The zero-order chi connectivity index (χ0) is 13.9. The topological polar surface area (TPSA) is 45.2 Å². The molecule has 3 rings (SSSR count). The number of thiazole rings is 1. The van der Waals surface area contributed by atoms with Crippen LogP contribution >= 0.6 is 11.3 Å². The van der Waals surface area contributed by atoms with Gasteiger partial charge in [-0.2, -0.15) is 0 Å². The molecule has 0 aromatic carbocycles. The van der Waals surface area contributed by atoms with E-state index in [0.29, 0.717) is 0 Å². The lowest BCUT2D eigenvalue weighted by Gasteiger charge is -2.35. The molecule has 0 spiro atoms. The molecule has 0 saturated carbocycles. The average molecular weight is 289 g/mol. The summed E-state index contributed by atoms with van der Waals surface area (Å²) in [6.45, 7) is 8.10. The molecule has 0 amide bonds. The lowest BCUT2D eigenvalue weighted by atomic mass is 10.3. The molecule has 0 bridgehead atoms. The van der Waals surface area contributed by atoms with E-state index in [9.17, 15) is 0 Å². The van der Waals surface area contributed by atoms with Crippen molar-refractivity contribution in [1.82, 2.24) is 15.0 Å². The molecule has 106 valence electrons. The number of piperazine rings is 1. The molecule has 5 nitrogen and oxygen atoms in total. The Morgan fingerprint density at radius 3 is 2.55 bits per heavy atom. The van der Waals surface area contributed by atoms with Crippen LogP contribution in [0.15, 0.2) is 17.6 Å². The number of aryl methyl sites for hydroxylation is 2. The van der Waals surface area contributed by atoms with Crippen molar-refractivity contribution in [3.63, 3.8) is 0 Å². The Morgan fingerprint density at radius 1 is 1.15 bits per heavy atom. The minimum Gasteiger partial charge on any atom is -0.353 e. The molecule has 6 heteroatoms. The van der Waals surface area contributed by atoms with Crippen molar-refractivity contribution >= 4 is 22.3 Å². The van der Waals surface area contributed by atoms with Gasteiger partial charge in [0.1, 0.15) is 11.6 Å². The number of rotatable bonds is 3. The molecule has 0 atom stereocenters. The largest absolute Gasteiger partial charge is 0.353 e. The second kappa shape index (κ2) is 5.75. The second-order valence-electron chi connectivity index (χ2n) is 4.93. The summed E-state index contributed by atoms with van der Waals surface area (Å²) in [7, 11) is 0. The zero-order valence-electron chi connectivity index (χ0n) is 11.9. The lowest BCUT2D eigenvalue weighted by Crippen LogP contribution is -2.46. The van der Waals surface area contributed by atoms with Gasteiger partial charge in [-0.3, -0.25) is 0 Å². The molecular formula is C14H19N5S. The van der Waals surface area contributed by atoms with Gasteiger partial charge in [0.05, 0.1) is 0 Å². The summed E-state index contributed by atoms with van der Waals surface area (Å²) in [6, 6.07) is 2.08. The number of anilines is 2. The summed E-state index contributed by atoms with van der Waals surface area (Å²) in [6.07, 6.45) is 2.75. The van der Waals surface area contributed by atoms with E-state index in [1.807, 2.05) is 18.5 Å². The maximum atomic E-state index is 4.65. The molecule has 1 aliphatic rings. The smallest absolute Gasteiger partial charge is 0.185 e. The highest BCUT2D eigenvalue weighted by Gasteiger charge is 2.20. The minimum atomic E-state index is 0.883. The van der Waals surface area contributed by atoms with E-state index in [4.69, 9.17) is 0 Å². The monoisotopic (exact) mass is 289 g/mol. The van der Waals surface area contributed by atoms with Crippen LogP contribution in [0, 0.1) is 6.92 Å². The molecule has 20 heavy (non-hydrogen) atoms. The number of aromatic nitrogens is 3. The van der Waals surface area contributed by atoms with Crippen molar-refractivity contribution in [2.45, 2.75) is 20.3 Å². The summed E-state index contributed by atoms with van der Waals surface area (Å²) in [5, 5.41) is 3.15. The summed E-state index contributed by atoms with van der Waals surface area (Å²) in [5.41, 5.74) is 1.05. The van der Waals surface area contributed by atoms with Crippen LogP contribution in [-0.4, -0.2) is 41.1 Å². The number of nitrogens with zero attached hydrogens (tertiary/aromatic N) is 5. The van der Waals surface area contributed by atoms with Crippen LogP contribution in [0.2, 0.25) is 0 Å². The van der Waals surface area contributed by atoms with Crippen LogP contribution in [0.4, 0.5) is 10.9 Å². The van der Waals surface area contributed by atoms with Crippen molar-refractivity contribution in [3.8, 4) is 0 Å². The predicted molar refractivity (Wildman–Crippen MR) is 82.7 cm³/mol. The highest BCUT2D eigenvalue weighted by atomic mass is 32.1. The molecular weight excluding hydrogens is 270 g/mol. The fourth-order valence-corrected chi connectivity index (χ4v) is 3.13. The first-order valence-corrected chi connectivity index (χ1v) is 7.88. The van der Waals surface area contributed by atoms with Gasteiger partial charge in [-0.05, 0) is 6.92 Å². The highest BCUT2D eigenvalue weighted by Crippen LogP contribution is 2.21. The molecule has 0 N–H and O–H groups in total. The minimum absolute atomic E-state index is 0.883. The maximum Gasteiger partial charge on any atom is 0.185 e. The average Bonchev–Trinajstić information content (AvgIpc) is 3.01. The Balaban J connectivity index is 1.70. The molecule has 0 unspecified atom stereocenters. The van der Waals surface area contributed by atoms with E-state index in [1.165, 1.54) is 0 Å². The molecule has 2 aromatic heterocycles. The third-order valence-corrected chi connectivity index (χ3v) is 4.33. The number of hydrogen-bond acceptors (Lipinski definition) is 6. The van der Waals surface area contributed by atoms with Crippen molar-refractivity contribution in [2.75, 3.05) is 36.0 Å². The molecule has 1 fully saturated rings. The van der Waals surface area contributed by atoms with E-state index in [1.54, 1.807) is 11.3 Å². The van der Waals surface area contributed by atoms with Gasteiger partial charge < -0.3 is 9.80 Å². The van der Waals surface area contributed by atoms with Gasteiger partial charge in [-0.1, -0.05) is 6.92 Å². The van der Waals surface area contributed by atoms with Gasteiger partial charge in [-0.15, -0.1) is 11.3 Å². The fraction of sp³-hybridized carbons (Fsp3) is 0.500. The SMILES string of the molecule is CCc1nc(C)cc(N2CCN(c3nccs3)CC2)n1. The molecule has 0 radical (unpaired) electrons. The van der Waals surface area contributed by atoms with E-state index < -0.39 is 0 Å². The molecule has 2 aromatic rings. The standard InChI is InChI=1S/C14H19N5S/c1-3-12-16-11(2)10-13(17-12)18-5-7-19(8-6-18)14-15-4-9-20-14/h4,9-10H,3,5-8H2,1-2H3. The van der Waals surface area contributed by atoms with Crippen LogP contribution < -0.4 is 9.80 Å². The Kier molecular flexibility index (Phi) is 3.82. The van der Waals surface area contributed by atoms with E-state index in [-0.39, 0.29) is 0 Å². The van der Waals surface area contributed by atoms with Crippen LogP contribution in [0.5, 0.6) is 0 Å². The molecule has 3 heterocycles. The molecule has 0 aliphatic carbocycles. The quantitative estimate of drug-likeness (QED) is 0.866. The lowest BCUT2D eigenvalue weighted by molar-refractivity contribution is 0.643. The Hall–Kier alpha value is -1.69. The Labute approximate surface area is 123 Å². The van der Waals surface area contributed by atoms with Crippen molar-refractivity contribution in [2.24, 2.45) is 0 Å². The summed E-state index contributed by atoms with van der Waals surface area (Å²) in [4.78, 5) is 18.2. The van der Waals surface area contributed by atoms with Gasteiger partial charge in [0.2, 0.25) is 0 Å².